The number of carbonyl (C=O) groups is 1. The van der Waals surface area contributed by atoms with Crippen molar-refractivity contribution in [2.24, 2.45) is 0 Å². The van der Waals surface area contributed by atoms with E-state index in [0.29, 0.717) is 25.9 Å². The summed E-state index contributed by atoms with van der Waals surface area (Å²) in [6.07, 6.45) is 57.5. The van der Waals surface area contributed by atoms with Crippen LogP contribution in [0, 0.1) is 0 Å². The number of esters is 1. The number of unbranched alkanes of at least 4 members (excludes halogenated alkanes) is 2. The van der Waals surface area contributed by atoms with Crippen molar-refractivity contribution >= 4 is 13.8 Å². The Balaban J connectivity index is 2.47. The first-order chi connectivity index (χ1) is 34.0. The maximum Gasteiger partial charge on any atom is 0.472 e. The van der Waals surface area contributed by atoms with E-state index < -0.39 is 63.1 Å². The van der Waals surface area contributed by atoms with E-state index in [2.05, 4.69) is 154 Å². The molecule has 0 amide bonds. The first kappa shape index (κ1) is 64.0. The highest BCUT2D eigenvalue weighted by Gasteiger charge is 2.51. The minimum atomic E-state index is -5.07. The SMILES string of the molecule is CC/C=C\C/C=C\C/C=C\C/C=C\C/C=C\C/C=C\C/C=C\CCCCOCC(COP(=O)(O)OC1C(O)C(O)C(O)C(O)C1O)OC(=O)CC/C=C\C/C=C\C/C=C\C/C=C\C/C=C\C/C=C\CC. The molecule has 0 radical (unpaired) electrons. The Morgan fingerprint density at radius 3 is 1.16 bits per heavy atom. The fraction of sp³-hybridized carbons (Fsp3) is 0.526. The molecule has 6 N–H and O–H groups in total. The van der Waals surface area contributed by atoms with Crippen LogP contribution in [0.15, 0.2) is 158 Å². The number of phosphoric acid groups is 1. The molecule has 13 heteroatoms. The third-order valence-electron chi connectivity index (χ3n) is 10.4. The first-order valence-corrected chi connectivity index (χ1v) is 26.8. The summed E-state index contributed by atoms with van der Waals surface area (Å²) in [5, 5.41) is 50.3. The Morgan fingerprint density at radius 2 is 0.786 bits per heavy atom. The molecular weight excluding hydrogens is 908 g/mol. The summed E-state index contributed by atoms with van der Waals surface area (Å²) in [5.41, 5.74) is 0. The summed E-state index contributed by atoms with van der Waals surface area (Å²) >= 11 is 0. The molecule has 6 unspecified atom stereocenters. The lowest BCUT2D eigenvalue weighted by molar-refractivity contribution is -0.220. The van der Waals surface area contributed by atoms with Crippen LogP contribution < -0.4 is 0 Å². The number of allylic oxidation sites excluding steroid dienone is 26. The number of aliphatic hydroxyl groups is 5. The lowest BCUT2D eigenvalue weighted by Gasteiger charge is -2.41. The van der Waals surface area contributed by atoms with Crippen LogP contribution >= 0.6 is 7.82 Å². The summed E-state index contributed by atoms with van der Waals surface area (Å²) in [7, 11) is -5.07. The zero-order valence-electron chi connectivity index (χ0n) is 42.0. The topological polar surface area (TPSA) is 192 Å². The standard InChI is InChI=1S/C57H87O12P/c1-3-5-7-9-11-13-15-17-19-21-23-24-25-26-27-29-31-33-35-37-39-41-43-45-47-66-48-50(49-67-70(64,65)69-57-55(62)53(60)52(59)54(61)56(57)63)68-51(58)46-44-42-40-38-36-34-32-30-28-22-20-18-16-14-12-10-8-6-4-2/h5-8,11-14,17-20,23-24,26-28,30-31,33-34,36-37,39-40,42,50,52-57,59-63H,3-4,9-10,15-16,21-22,25,29,32,35,38,41,43-49H2,1-2H3,(H,64,65)/b7-5-,8-6-,13-11-,14-12-,19-17-,20-18-,24-23-,27-26-,30-28-,33-31-,36-34-,39-37-,42-40-. The van der Waals surface area contributed by atoms with Crippen molar-refractivity contribution in [3.8, 4) is 0 Å². The molecule has 0 aromatic rings. The third kappa shape index (κ3) is 36.0. The Bertz CT molecular complexity index is 1750. The number of phosphoric ester groups is 1. The highest BCUT2D eigenvalue weighted by atomic mass is 31.2. The van der Waals surface area contributed by atoms with Crippen molar-refractivity contribution in [1.82, 2.24) is 0 Å². The van der Waals surface area contributed by atoms with Crippen LogP contribution in [0.1, 0.15) is 129 Å². The highest BCUT2D eigenvalue weighted by Crippen LogP contribution is 2.47. The molecule has 1 aliphatic carbocycles. The number of aliphatic hydroxyl groups excluding tert-OH is 5. The van der Waals surface area contributed by atoms with Gasteiger partial charge in [0, 0.05) is 13.0 Å². The molecule has 0 aromatic carbocycles. The number of hydrogen-bond donors (Lipinski definition) is 6. The van der Waals surface area contributed by atoms with Crippen LogP contribution in [0.2, 0.25) is 0 Å². The van der Waals surface area contributed by atoms with Crippen molar-refractivity contribution in [1.29, 1.82) is 0 Å². The zero-order chi connectivity index (χ0) is 51.2. The van der Waals surface area contributed by atoms with Gasteiger partial charge in [0.25, 0.3) is 0 Å². The summed E-state index contributed by atoms with van der Waals surface area (Å²) in [6.45, 7) is 3.82. The summed E-state index contributed by atoms with van der Waals surface area (Å²) in [4.78, 5) is 23.2. The van der Waals surface area contributed by atoms with Gasteiger partial charge in [-0.05, 0) is 109 Å². The zero-order valence-corrected chi connectivity index (χ0v) is 42.9. The first-order valence-electron chi connectivity index (χ1n) is 25.3. The van der Waals surface area contributed by atoms with Gasteiger partial charge in [-0.25, -0.2) is 4.57 Å². The second-order valence-corrected chi connectivity index (χ2v) is 18.0. The van der Waals surface area contributed by atoms with Crippen LogP contribution in [0.4, 0.5) is 0 Å². The molecule has 0 heterocycles. The fourth-order valence-electron chi connectivity index (χ4n) is 6.48. The van der Waals surface area contributed by atoms with Crippen LogP contribution in [-0.4, -0.2) is 98.9 Å². The van der Waals surface area contributed by atoms with E-state index in [1.807, 2.05) is 18.2 Å². The maximum absolute atomic E-state index is 12.9. The largest absolute Gasteiger partial charge is 0.472 e. The molecule has 70 heavy (non-hydrogen) atoms. The molecule has 12 nitrogen and oxygen atoms in total. The van der Waals surface area contributed by atoms with Gasteiger partial charge in [-0.2, -0.15) is 0 Å². The van der Waals surface area contributed by atoms with Crippen LogP contribution in [0.25, 0.3) is 0 Å². The minimum absolute atomic E-state index is 0.0371. The molecule has 0 aliphatic heterocycles. The Labute approximate surface area is 420 Å². The van der Waals surface area contributed by atoms with Gasteiger partial charge in [0.15, 0.2) is 0 Å². The second-order valence-electron chi connectivity index (χ2n) is 16.5. The molecule has 1 rings (SSSR count). The van der Waals surface area contributed by atoms with Gasteiger partial charge in [0.1, 0.15) is 42.7 Å². The van der Waals surface area contributed by atoms with Gasteiger partial charge in [0.05, 0.1) is 13.2 Å². The summed E-state index contributed by atoms with van der Waals surface area (Å²) < 4.78 is 34.1. The van der Waals surface area contributed by atoms with Crippen molar-refractivity contribution in [2.45, 2.75) is 172 Å². The Hall–Kier alpha value is -4.04. The van der Waals surface area contributed by atoms with Crippen LogP contribution in [-0.2, 0) is 27.9 Å². The molecule has 1 fully saturated rings. The van der Waals surface area contributed by atoms with E-state index in [1.54, 1.807) is 0 Å². The molecule has 1 saturated carbocycles. The smallest absolute Gasteiger partial charge is 0.457 e. The molecule has 0 bridgehead atoms. The molecule has 6 atom stereocenters. The van der Waals surface area contributed by atoms with Gasteiger partial charge in [-0.3, -0.25) is 13.8 Å². The summed E-state index contributed by atoms with van der Waals surface area (Å²) in [6, 6.07) is 0. The van der Waals surface area contributed by atoms with Gasteiger partial charge >= 0.3 is 13.8 Å². The molecular formula is C57H87O12P. The lowest BCUT2D eigenvalue weighted by atomic mass is 9.85. The van der Waals surface area contributed by atoms with Gasteiger partial charge in [0.2, 0.25) is 0 Å². The average molecular weight is 995 g/mol. The predicted octanol–water partition coefficient (Wildman–Crippen LogP) is 11.5. The number of hydrogen-bond acceptors (Lipinski definition) is 11. The van der Waals surface area contributed by atoms with Crippen LogP contribution in [0.5, 0.6) is 0 Å². The van der Waals surface area contributed by atoms with Gasteiger partial charge in [-0.1, -0.05) is 172 Å². The molecule has 0 aromatic heterocycles. The normalized spacial score (nSPS) is 22.2. The van der Waals surface area contributed by atoms with Gasteiger partial charge in [-0.15, -0.1) is 0 Å². The molecule has 0 spiro atoms. The van der Waals surface area contributed by atoms with Gasteiger partial charge < -0.3 is 39.9 Å². The second kappa shape index (κ2) is 44.9. The summed E-state index contributed by atoms with van der Waals surface area (Å²) in [5.74, 6) is -0.583. The molecule has 1 aliphatic rings. The lowest BCUT2D eigenvalue weighted by Crippen LogP contribution is -2.64. The van der Waals surface area contributed by atoms with E-state index in [4.69, 9.17) is 18.5 Å². The van der Waals surface area contributed by atoms with Crippen LogP contribution in [0.3, 0.4) is 0 Å². The Kier molecular flexibility index (Phi) is 41.0. The van der Waals surface area contributed by atoms with Crippen molar-refractivity contribution in [3.63, 3.8) is 0 Å². The van der Waals surface area contributed by atoms with E-state index in [9.17, 15) is 39.8 Å². The number of rotatable bonds is 40. The number of carbonyl (C=O) groups excluding carboxylic acids is 1. The van der Waals surface area contributed by atoms with E-state index in [0.717, 1.165) is 89.9 Å². The number of ether oxygens (including phenoxy) is 2. The van der Waals surface area contributed by atoms with E-state index in [-0.39, 0.29) is 13.0 Å². The molecule has 0 saturated heterocycles. The monoisotopic (exact) mass is 995 g/mol. The third-order valence-corrected chi connectivity index (χ3v) is 11.4. The van der Waals surface area contributed by atoms with E-state index in [1.165, 1.54) is 0 Å². The predicted molar refractivity (Wildman–Crippen MR) is 285 cm³/mol. The minimum Gasteiger partial charge on any atom is -0.457 e. The maximum atomic E-state index is 12.9. The quantitative estimate of drug-likeness (QED) is 0.0148. The average Bonchev–Trinajstić information content (AvgIpc) is 3.35. The van der Waals surface area contributed by atoms with Crippen molar-refractivity contribution in [2.75, 3.05) is 19.8 Å². The Morgan fingerprint density at radius 1 is 0.457 bits per heavy atom. The van der Waals surface area contributed by atoms with Crippen molar-refractivity contribution in [3.05, 3.63) is 158 Å². The fourth-order valence-corrected chi connectivity index (χ4v) is 7.45. The van der Waals surface area contributed by atoms with E-state index >= 15 is 0 Å². The van der Waals surface area contributed by atoms with Crippen molar-refractivity contribution < 1.29 is 58.3 Å². The molecule has 392 valence electrons. The highest BCUT2D eigenvalue weighted by molar-refractivity contribution is 7.47.